The maximum atomic E-state index is 12.5. The van der Waals surface area contributed by atoms with Crippen molar-refractivity contribution < 1.29 is 9.53 Å². The lowest BCUT2D eigenvalue weighted by molar-refractivity contribution is 0.0941. The van der Waals surface area contributed by atoms with Crippen LogP contribution in [0.1, 0.15) is 28.8 Å². The van der Waals surface area contributed by atoms with E-state index in [1.54, 1.807) is 18.2 Å². The highest BCUT2D eigenvalue weighted by Gasteiger charge is 2.21. The second-order valence-corrected chi connectivity index (χ2v) is 6.40. The number of ether oxygens (including phenoxy) is 1. The number of H-pyrrole nitrogens is 1. The number of anilines is 1. The van der Waals surface area contributed by atoms with Crippen molar-refractivity contribution in [3.63, 3.8) is 0 Å². The molecule has 1 fully saturated rings. The number of aromatic nitrogens is 2. The van der Waals surface area contributed by atoms with Crippen molar-refractivity contribution >= 4 is 23.2 Å². The van der Waals surface area contributed by atoms with E-state index >= 15 is 0 Å². The van der Waals surface area contributed by atoms with E-state index in [1.165, 1.54) is 0 Å². The molecule has 1 saturated heterocycles. The van der Waals surface area contributed by atoms with Gasteiger partial charge in [-0.3, -0.25) is 14.2 Å². The van der Waals surface area contributed by atoms with E-state index in [1.807, 2.05) is 6.92 Å². The Kier molecular flexibility index (Phi) is 5.06. The number of rotatable bonds is 4. The van der Waals surface area contributed by atoms with Gasteiger partial charge in [0, 0.05) is 12.8 Å². The van der Waals surface area contributed by atoms with Gasteiger partial charge in [-0.05, 0) is 37.5 Å². The van der Waals surface area contributed by atoms with Gasteiger partial charge in [-0.15, -0.1) is 0 Å². The molecule has 8 heteroatoms. The van der Waals surface area contributed by atoms with Gasteiger partial charge in [0.25, 0.3) is 11.5 Å². The van der Waals surface area contributed by atoms with Crippen LogP contribution in [0.4, 0.5) is 5.69 Å². The summed E-state index contributed by atoms with van der Waals surface area (Å²) in [5.74, 6) is -0.631. The molecule has 7 nitrogen and oxygen atoms in total. The lowest BCUT2D eigenvalue weighted by Crippen LogP contribution is -2.41. The van der Waals surface area contributed by atoms with Crippen molar-refractivity contribution in [2.24, 2.45) is 0 Å². The Morgan fingerprint density at radius 3 is 2.92 bits per heavy atom. The first kappa shape index (κ1) is 17.4. The van der Waals surface area contributed by atoms with Gasteiger partial charge in [0.05, 0.1) is 23.4 Å². The van der Waals surface area contributed by atoms with Crippen LogP contribution in [0, 0.1) is 6.92 Å². The molecule has 2 aromatic rings. The molecule has 1 aromatic carbocycles. The van der Waals surface area contributed by atoms with E-state index in [2.05, 4.69) is 10.3 Å². The smallest absolute Gasteiger partial charge is 0.328 e. The molecule has 1 aliphatic rings. The van der Waals surface area contributed by atoms with Crippen LogP contribution in [-0.4, -0.2) is 28.2 Å². The summed E-state index contributed by atoms with van der Waals surface area (Å²) < 4.78 is 6.46. The summed E-state index contributed by atoms with van der Waals surface area (Å²) in [7, 11) is 0. The van der Waals surface area contributed by atoms with E-state index in [0.29, 0.717) is 17.3 Å². The van der Waals surface area contributed by atoms with E-state index in [-0.39, 0.29) is 18.2 Å². The number of carbonyl (C=O) groups is 1. The second-order valence-electron chi connectivity index (χ2n) is 6.00. The van der Waals surface area contributed by atoms with Gasteiger partial charge in [-0.1, -0.05) is 17.7 Å². The Balaban J connectivity index is 1.87. The second kappa shape index (κ2) is 7.25. The van der Waals surface area contributed by atoms with Gasteiger partial charge >= 0.3 is 5.69 Å². The van der Waals surface area contributed by atoms with E-state index in [0.717, 1.165) is 29.2 Å². The fourth-order valence-electron chi connectivity index (χ4n) is 2.74. The van der Waals surface area contributed by atoms with Gasteiger partial charge in [-0.25, -0.2) is 4.79 Å². The van der Waals surface area contributed by atoms with Crippen LogP contribution in [0.3, 0.4) is 0 Å². The maximum absolute atomic E-state index is 12.5. The Labute approximate surface area is 148 Å². The molecule has 0 aliphatic carbocycles. The Morgan fingerprint density at radius 1 is 1.44 bits per heavy atom. The topological polar surface area (TPSA) is 93.2 Å². The molecule has 0 saturated carbocycles. The summed E-state index contributed by atoms with van der Waals surface area (Å²) >= 11 is 6.10. The highest BCUT2D eigenvalue weighted by atomic mass is 35.5. The summed E-state index contributed by atoms with van der Waals surface area (Å²) in [6.45, 7) is 2.62. The normalized spacial score (nSPS) is 16.8. The number of amides is 1. The van der Waals surface area contributed by atoms with Gasteiger partial charge < -0.3 is 15.0 Å². The monoisotopic (exact) mass is 363 g/mol. The number of aromatic amines is 1. The van der Waals surface area contributed by atoms with Gasteiger partial charge in [0.2, 0.25) is 0 Å². The van der Waals surface area contributed by atoms with Crippen molar-refractivity contribution in [3.8, 4) is 0 Å². The fourth-order valence-corrected chi connectivity index (χ4v) is 3.03. The number of benzene rings is 1. The summed E-state index contributed by atoms with van der Waals surface area (Å²) in [5.41, 5.74) is -0.0286. The van der Waals surface area contributed by atoms with Crippen LogP contribution < -0.4 is 16.6 Å². The Morgan fingerprint density at radius 2 is 2.24 bits per heavy atom. The number of nitrogens with one attached hydrogen (secondary N) is 2. The zero-order chi connectivity index (χ0) is 18.0. The molecule has 0 bridgehead atoms. The minimum atomic E-state index is -0.653. The number of nitrogens with zero attached hydrogens (tertiary/aromatic N) is 1. The lowest BCUT2D eigenvalue weighted by atomic mass is 10.2. The van der Waals surface area contributed by atoms with Crippen LogP contribution in [0.25, 0.3) is 0 Å². The number of hydrogen-bond donors (Lipinski definition) is 2. The molecular weight excluding hydrogens is 346 g/mol. The first-order valence-electron chi connectivity index (χ1n) is 7.97. The molecule has 0 radical (unpaired) electrons. The number of hydrogen-bond acceptors (Lipinski definition) is 4. The molecule has 1 amide bonds. The predicted molar refractivity (Wildman–Crippen MR) is 94.4 cm³/mol. The first-order valence-corrected chi connectivity index (χ1v) is 8.35. The van der Waals surface area contributed by atoms with Crippen LogP contribution in [0.5, 0.6) is 0 Å². The Hall–Kier alpha value is -2.38. The molecule has 3 rings (SSSR count). The third kappa shape index (κ3) is 3.83. The van der Waals surface area contributed by atoms with Crippen molar-refractivity contribution in [2.45, 2.75) is 32.4 Å². The quantitative estimate of drug-likeness (QED) is 0.868. The van der Waals surface area contributed by atoms with Crippen molar-refractivity contribution in [1.82, 2.24) is 9.55 Å². The number of halogens is 1. The molecular formula is C17H18ClN3O4. The molecule has 1 atom stereocenters. The molecule has 1 aliphatic heterocycles. The van der Waals surface area contributed by atoms with Gasteiger partial charge in [0.15, 0.2) is 0 Å². The third-order valence-corrected chi connectivity index (χ3v) is 4.40. The largest absolute Gasteiger partial charge is 0.376 e. The summed E-state index contributed by atoms with van der Waals surface area (Å²) in [4.78, 5) is 39.4. The first-order chi connectivity index (χ1) is 12.0. The standard InChI is InChI=1S/C17H18ClN3O4/c1-10-4-5-14(13(18)7-10)20-15(22)12-8-19-17(24)21(16(12)23)9-11-3-2-6-25-11/h4-5,7-8,11H,2-3,6,9H2,1H3,(H,19,24)(H,20,22). The maximum Gasteiger partial charge on any atom is 0.328 e. The average Bonchev–Trinajstić information content (AvgIpc) is 3.07. The minimum absolute atomic E-state index is 0.126. The van der Waals surface area contributed by atoms with Crippen LogP contribution in [0.15, 0.2) is 34.0 Å². The highest BCUT2D eigenvalue weighted by Crippen LogP contribution is 2.23. The van der Waals surface area contributed by atoms with E-state index in [9.17, 15) is 14.4 Å². The molecule has 132 valence electrons. The summed E-state index contributed by atoms with van der Waals surface area (Å²) in [6.07, 6.45) is 2.60. The SMILES string of the molecule is Cc1ccc(NC(=O)c2c[nH]c(=O)n(CC3CCCO3)c2=O)c(Cl)c1. The van der Waals surface area contributed by atoms with Crippen molar-refractivity contribution in [2.75, 3.05) is 11.9 Å². The van der Waals surface area contributed by atoms with Gasteiger partial charge in [0.1, 0.15) is 5.56 Å². The Bertz CT molecular complexity index is 913. The summed E-state index contributed by atoms with van der Waals surface area (Å²) in [6, 6.07) is 5.16. The van der Waals surface area contributed by atoms with Gasteiger partial charge in [-0.2, -0.15) is 0 Å². The molecule has 1 unspecified atom stereocenters. The lowest BCUT2D eigenvalue weighted by Gasteiger charge is -2.12. The molecule has 2 heterocycles. The van der Waals surface area contributed by atoms with Crippen LogP contribution in [0.2, 0.25) is 5.02 Å². The predicted octanol–water partition coefficient (Wildman–Crippen LogP) is 1.93. The highest BCUT2D eigenvalue weighted by molar-refractivity contribution is 6.34. The molecule has 2 N–H and O–H groups in total. The molecule has 1 aromatic heterocycles. The fraction of sp³-hybridized carbons (Fsp3) is 0.353. The molecule has 25 heavy (non-hydrogen) atoms. The number of carbonyl (C=O) groups excluding carboxylic acids is 1. The zero-order valence-electron chi connectivity index (χ0n) is 13.7. The van der Waals surface area contributed by atoms with Crippen molar-refractivity contribution in [3.05, 3.63) is 61.4 Å². The van der Waals surface area contributed by atoms with E-state index in [4.69, 9.17) is 16.3 Å². The van der Waals surface area contributed by atoms with Crippen molar-refractivity contribution in [1.29, 1.82) is 0 Å². The number of aryl methyl sites for hydroxylation is 1. The van der Waals surface area contributed by atoms with E-state index < -0.39 is 17.2 Å². The van der Waals surface area contributed by atoms with Crippen LogP contribution in [-0.2, 0) is 11.3 Å². The average molecular weight is 364 g/mol. The summed E-state index contributed by atoms with van der Waals surface area (Å²) in [5, 5.41) is 2.97. The third-order valence-electron chi connectivity index (χ3n) is 4.09. The van der Waals surface area contributed by atoms with Crippen LogP contribution >= 0.6 is 11.6 Å². The zero-order valence-corrected chi connectivity index (χ0v) is 14.4. The molecule has 0 spiro atoms. The minimum Gasteiger partial charge on any atom is -0.376 e.